The van der Waals surface area contributed by atoms with Gasteiger partial charge in [-0.1, -0.05) is 12.1 Å². The number of aliphatic hydroxyl groups is 12. The molecule has 5 aliphatic rings. The van der Waals surface area contributed by atoms with E-state index in [0.717, 1.165) is 30.4 Å². The molecule has 3 fully saturated rings. The molecule has 16 atom stereocenters. The highest BCUT2D eigenvalue weighted by atomic mass is 16.8. The number of rotatable bonds is 18. The van der Waals surface area contributed by atoms with Crippen LogP contribution < -0.4 is 9.47 Å². The number of allylic oxidation sites excluding steroid dienone is 2. The predicted octanol–water partition coefficient (Wildman–Crippen LogP) is -1.64. The minimum Gasteiger partial charge on any atom is -0.571 e. The largest absolute Gasteiger partial charge is 0.571 e. The summed E-state index contributed by atoms with van der Waals surface area (Å²) in [6.07, 6.45) is -21.8. The standard InChI is InChI=1S/C53H58O27/c1-70-32-13-23(14-33(71-2)40(32)62)6-12-39(61)79-49-45(67)42(64)36(20-55)77-53(49)80-50-46(68)43(65)37(21-72-38(60)11-5-22-3-8-25(56)9-4-22)78-52(50)75-34-18-27-30(73-48(34)24-7-10-28(58)29(59)15-24)16-26(57)17-31(27)74-51-47(69)44(66)41(63)35(19-54)76-51/h3-18,30,35-37,41-47,49-59,62-69H,19-21H2,1-2H3/p+1. The highest BCUT2D eigenvalue weighted by Gasteiger charge is 2.54. The second kappa shape index (κ2) is 25.3. The van der Waals surface area contributed by atoms with Gasteiger partial charge in [-0.15, -0.1) is 0 Å². The molecule has 4 aliphatic heterocycles. The Bertz CT molecular complexity index is 2870. The molecule has 0 bridgehead atoms. The Morgan fingerprint density at radius 3 is 1.86 bits per heavy atom. The lowest BCUT2D eigenvalue weighted by Gasteiger charge is -2.46. The average molecular weight is 1130 g/mol. The Labute approximate surface area is 453 Å². The van der Waals surface area contributed by atoms with Gasteiger partial charge in [0.05, 0.1) is 44.6 Å². The van der Waals surface area contributed by atoms with Gasteiger partial charge in [-0.2, -0.15) is 0 Å². The summed E-state index contributed by atoms with van der Waals surface area (Å²) in [5.74, 6) is -5.08. The minimum atomic E-state index is -2.18. The van der Waals surface area contributed by atoms with Crippen molar-refractivity contribution in [3.05, 3.63) is 125 Å². The summed E-state index contributed by atoms with van der Waals surface area (Å²) in [6.45, 7) is -2.57. The van der Waals surface area contributed by atoms with Crippen LogP contribution in [0.5, 0.6) is 34.5 Å². The van der Waals surface area contributed by atoms with E-state index in [1.165, 1.54) is 81.0 Å². The van der Waals surface area contributed by atoms with E-state index in [9.17, 15) is 81.1 Å². The molecule has 3 aromatic carbocycles. The number of carbonyl (C=O) groups excluding carboxylic acids is 2. The van der Waals surface area contributed by atoms with Gasteiger partial charge in [0, 0.05) is 30.4 Å². The van der Waals surface area contributed by atoms with Crippen LogP contribution in [0, 0.1) is 0 Å². The van der Waals surface area contributed by atoms with Gasteiger partial charge in [0.15, 0.2) is 41.5 Å². The molecule has 1 aliphatic carbocycles. The summed E-state index contributed by atoms with van der Waals surface area (Å²) < 4.78 is 62.3. The number of carbonyl (C=O) groups is 2. The third-order valence-corrected chi connectivity index (χ3v) is 13.2. The number of methoxy groups -OCH3 is 2. The lowest BCUT2D eigenvalue weighted by atomic mass is 9.95. The number of fused-ring (bicyclic) bond motifs is 1. The fourth-order valence-electron chi connectivity index (χ4n) is 8.87. The third kappa shape index (κ3) is 12.9. The number of benzene rings is 3. The van der Waals surface area contributed by atoms with Crippen molar-refractivity contribution in [2.75, 3.05) is 34.0 Å². The Balaban J connectivity index is 1.16. The molecular formula is C53H59O27+. The summed E-state index contributed by atoms with van der Waals surface area (Å²) in [5, 5.41) is 150. The molecular weight excluding hydrogens is 1070 g/mol. The van der Waals surface area contributed by atoms with Gasteiger partial charge in [0.2, 0.25) is 30.2 Å². The molecule has 3 aromatic rings. The number of phenols is 4. The summed E-state index contributed by atoms with van der Waals surface area (Å²) in [4.78, 5) is 26.5. The van der Waals surface area contributed by atoms with Gasteiger partial charge < -0.3 is 124 Å². The Hall–Kier alpha value is -7.48. The molecule has 15 N–H and O–H groups in total. The smallest absolute Gasteiger partial charge is 0.331 e. The number of phenolic OH excluding ortho intramolecular Hbond substituents is 4. The molecule has 27 nitrogen and oxygen atoms in total. The average Bonchev–Trinajstić information content (AvgIpc) is 3.50. The van der Waals surface area contributed by atoms with E-state index >= 15 is 0 Å². The third-order valence-electron chi connectivity index (χ3n) is 13.2. The maximum atomic E-state index is 13.5. The van der Waals surface area contributed by atoms with Crippen LogP contribution in [0.2, 0.25) is 0 Å². The number of ether oxygens (including phenoxy) is 11. The van der Waals surface area contributed by atoms with Crippen molar-refractivity contribution in [2.24, 2.45) is 0 Å². The van der Waals surface area contributed by atoms with E-state index < -0.39 is 147 Å². The van der Waals surface area contributed by atoms with Gasteiger partial charge in [-0.05, 0) is 59.7 Å². The van der Waals surface area contributed by atoms with Crippen LogP contribution in [0.3, 0.4) is 0 Å². The van der Waals surface area contributed by atoms with Gasteiger partial charge >= 0.3 is 17.7 Å². The normalized spacial score (nSPS) is 31.5. The first-order valence-corrected chi connectivity index (χ1v) is 24.4. The quantitative estimate of drug-likeness (QED) is 0.0294. The van der Waals surface area contributed by atoms with Gasteiger partial charge in [-0.25, -0.2) is 9.59 Å². The summed E-state index contributed by atoms with van der Waals surface area (Å²) in [7, 11) is 2.55. The Morgan fingerprint density at radius 1 is 0.613 bits per heavy atom. The van der Waals surface area contributed by atoms with Crippen LogP contribution >= 0.6 is 0 Å². The monoisotopic (exact) mass is 1130 g/mol. The van der Waals surface area contributed by atoms with Crippen molar-refractivity contribution in [3.63, 3.8) is 0 Å². The van der Waals surface area contributed by atoms with Crippen molar-refractivity contribution in [3.8, 4) is 34.5 Å². The molecule has 432 valence electrons. The Morgan fingerprint density at radius 2 is 1.21 bits per heavy atom. The number of hydrogen-bond acceptors (Lipinski definition) is 26. The van der Waals surface area contributed by atoms with Crippen molar-refractivity contribution >= 4 is 29.8 Å². The first-order chi connectivity index (χ1) is 38.2. The maximum Gasteiger partial charge on any atom is 0.331 e. The van der Waals surface area contributed by atoms with Gasteiger partial charge in [0.25, 0.3) is 0 Å². The topological polar surface area (TPSA) is 422 Å². The van der Waals surface area contributed by atoms with Crippen molar-refractivity contribution < 1.29 is 133 Å². The highest BCUT2D eigenvalue weighted by Crippen LogP contribution is 2.42. The fraction of sp³-hybridized carbons (Fsp3) is 0.396. The zero-order chi connectivity index (χ0) is 57.7. The molecule has 0 aromatic heterocycles. The fourth-order valence-corrected chi connectivity index (χ4v) is 8.87. The lowest BCUT2D eigenvalue weighted by molar-refractivity contribution is -0.363. The van der Waals surface area contributed by atoms with Crippen LogP contribution in [0.15, 0.2) is 108 Å². The minimum absolute atomic E-state index is 0.00371. The first-order valence-electron chi connectivity index (χ1n) is 24.4. The number of hydrogen-bond donors (Lipinski definition) is 14. The van der Waals surface area contributed by atoms with E-state index in [1.807, 2.05) is 0 Å². The zero-order valence-electron chi connectivity index (χ0n) is 42.2. The second-order valence-electron chi connectivity index (χ2n) is 18.5. The number of aliphatic hydroxyl groups excluding tert-OH is 10. The molecule has 80 heavy (non-hydrogen) atoms. The molecule has 8 rings (SSSR count). The molecule has 0 spiro atoms. The predicted molar refractivity (Wildman–Crippen MR) is 267 cm³/mol. The van der Waals surface area contributed by atoms with E-state index in [-0.39, 0.29) is 57.0 Å². The van der Waals surface area contributed by atoms with Gasteiger partial charge in [-0.3, -0.25) is 0 Å². The van der Waals surface area contributed by atoms with E-state index in [2.05, 4.69) is 0 Å². The van der Waals surface area contributed by atoms with E-state index in [0.29, 0.717) is 5.56 Å². The molecule has 16 unspecified atom stereocenters. The molecule has 27 heteroatoms. The van der Waals surface area contributed by atoms with Crippen LogP contribution in [0.1, 0.15) is 16.7 Å². The summed E-state index contributed by atoms with van der Waals surface area (Å²) in [5.41, 5.74) is 0.766. The Kier molecular flexibility index (Phi) is 18.6. The second-order valence-corrected chi connectivity index (χ2v) is 18.5. The molecule has 3 saturated heterocycles. The van der Waals surface area contributed by atoms with Crippen molar-refractivity contribution in [1.29, 1.82) is 0 Å². The SMILES string of the molecule is COc1cc(C=CC(=O)OC2C(OC3C(OC4=C(c5ccc(O)c(O)c5)[OH+]C5C=C(O)C=C(OC6OC(CO)C(O)C(O)C6O)C5=C4)OC(COC(=O)C=Cc4ccc(O)cc4)C(O)C3O)OC(CO)C(O)C2O)cc(OC)c1O. The lowest BCUT2D eigenvalue weighted by Crippen LogP contribution is -2.65. The number of esters is 2. The van der Waals surface area contributed by atoms with Crippen molar-refractivity contribution in [2.45, 2.75) is 98.2 Å². The zero-order valence-corrected chi connectivity index (χ0v) is 42.2. The maximum absolute atomic E-state index is 13.5. The summed E-state index contributed by atoms with van der Waals surface area (Å²) >= 11 is 0. The van der Waals surface area contributed by atoms with Crippen LogP contribution in [-0.4, -0.2) is 220 Å². The van der Waals surface area contributed by atoms with Crippen molar-refractivity contribution in [1.82, 2.24) is 0 Å². The van der Waals surface area contributed by atoms with E-state index in [1.54, 1.807) is 0 Å². The summed E-state index contributed by atoms with van der Waals surface area (Å²) in [6, 6.07) is 11.9. The van der Waals surface area contributed by atoms with E-state index in [4.69, 9.17) is 52.1 Å². The first kappa shape index (κ1) is 58.7. The highest BCUT2D eigenvalue weighted by molar-refractivity contribution is 5.88. The molecule has 0 saturated carbocycles. The van der Waals surface area contributed by atoms with Crippen LogP contribution in [-0.2, 0) is 47.5 Å². The molecule has 4 heterocycles. The van der Waals surface area contributed by atoms with Crippen LogP contribution in [0.4, 0.5) is 0 Å². The van der Waals surface area contributed by atoms with Crippen LogP contribution in [0.25, 0.3) is 17.9 Å². The number of aromatic hydroxyl groups is 4. The van der Waals surface area contributed by atoms with Gasteiger partial charge in [0.1, 0.15) is 84.9 Å². The molecule has 0 radical (unpaired) electrons. The molecule has 0 amide bonds.